The monoisotopic (exact) mass is 820 g/mol. The Kier molecular flexibility index (Phi) is 10.1. The summed E-state index contributed by atoms with van der Waals surface area (Å²) in [7, 11) is 0. The predicted molar refractivity (Wildman–Crippen MR) is 233 cm³/mol. The molecular formula is C45H34F2N8O2S2. The molecule has 2 amide bonds. The van der Waals surface area contributed by atoms with E-state index in [9.17, 15) is 14.0 Å². The van der Waals surface area contributed by atoms with E-state index in [4.69, 9.17) is 21.4 Å². The van der Waals surface area contributed by atoms with Gasteiger partial charge in [-0.2, -0.15) is 0 Å². The Morgan fingerprint density at radius 1 is 0.780 bits per heavy atom. The lowest BCUT2D eigenvalue weighted by atomic mass is 10.0. The van der Waals surface area contributed by atoms with Gasteiger partial charge in [-0.25, -0.2) is 18.7 Å². The minimum atomic E-state index is -0.887. The Bertz CT molecular complexity index is 2940. The second kappa shape index (κ2) is 15.8. The number of nitrogen functional groups attached to an aromatic ring is 2. The number of thiophene rings is 2. The van der Waals surface area contributed by atoms with E-state index in [1.165, 1.54) is 22.3 Å². The first-order valence-corrected chi connectivity index (χ1v) is 20.4. The van der Waals surface area contributed by atoms with Crippen LogP contribution >= 0.6 is 22.7 Å². The molecule has 0 spiro atoms. The van der Waals surface area contributed by atoms with Gasteiger partial charge in [0.25, 0.3) is 11.8 Å². The molecule has 1 aliphatic rings. The number of amides is 2. The second-order valence-corrected chi connectivity index (χ2v) is 16.0. The van der Waals surface area contributed by atoms with Gasteiger partial charge in [0.05, 0.1) is 28.5 Å². The summed E-state index contributed by atoms with van der Waals surface area (Å²) in [5.41, 5.74) is 19.4. The maximum absolute atomic E-state index is 15.3. The number of rotatable bonds is 8. The van der Waals surface area contributed by atoms with Crippen molar-refractivity contribution in [2.24, 2.45) is 0 Å². The molecule has 8 aromatic rings. The van der Waals surface area contributed by atoms with E-state index in [1.54, 1.807) is 41.8 Å². The van der Waals surface area contributed by atoms with Crippen LogP contribution in [0.1, 0.15) is 43.3 Å². The fourth-order valence-electron chi connectivity index (χ4n) is 7.28. The number of nitrogens with zero attached hydrogens (tertiary/aromatic N) is 6. The molecule has 10 nitrogen and oxygen atoms in total. The third kappa shape index (κ3) is 7.28. The molecule has 14 heteroatoms. The number of pyridine rings is 4. The molecule has 292 valence electrons. The maximum atomic E-state index is 15.3. The minimum absolute atomic E-state index is 0.0487. The number of nitrogens with two attached hydrogens (primary N) is 2. The van der Waals surface area contributed by atoms with Crippen molar-refractivity contribution in [1.82, 2.24) is 19.9 Å². The van der Waals surface area contributed by atoms with Crippen molar-refractivity contribution in [3.05, 3.63) is 148 Å². The lowest BCUT2D eigenvalue weighted by Gasteiger charge is -2.23. The normalized spacial score (nSPS) is 12.9. The largest absolute Gasteiger partial charge is 0.397 e. The van der Waals surface area contributed by atoms with Gasteiger partial charge in [0.15, 0.2) is 0 Å². The van der Waals surface area contributed by atoms with Gasteiger partial charge in [-0.05, 0) is 103 Å². The highest BCUT2D eigenvalue weighted by molar-refractivity contribution is 7.21. The van der Waals surface area contributed by atoms with E-state index < -0.39 is 17.5 Å². The zero-order chi connectivity index (χ0) is 40.6. The molecule has 0 saturated heterocycles. The van der Waals surface area contributed by atoms with Crippen molar-refractivity contribution < 1.29 is 18.4 Å². The molecule has 0 saturated carbocycles. The third-order valence-electron chi connectivity index (χ3n) is 10.3. The molecule has 0 unspecified atom stereocenters. The van der Waals surface area contributed by atoms with Crippen LogP contribution in [0.2, 0.25) is 0 Å². The number of carbonyl (C=O) groups excluding carboxylic acids is 2. The van der Waals surface area contributed by atoms with Crippen LogP contribution in [0.25, 0.3) is 49.0 Å². The molecular weight excluding hydrogens is 787 g/mol. The fraction of sp³-hybridized carbons (Fsp3) is 0.111. The van der Waals surface area contributed by atoms with Crippen molar-refractivity contribution in [3.63, 3.8) is 0 Å². The number of carbonyl (C=O) groups is 2. The standard InChI is InChI=1S/C45H34F2N8O2S2/c46-30-11-17-37(33(47)23-30)55(45(57)41-39(49)32-13-15-35(53-43(32)59-41)29-9-4-19-51-25-29)21-5-6-26-10-16-36-27(22-26)7-1-2-20-54(36)44(56)40-38(48)31-12-14-34(52-42(31)58-40)28-8-3-18-50-24-28/h3-6,8-19,22-25H,1-2,7,20-21,48-49H2/b6-5+. The van der Waals surface area contributed by atoms with Gasteiger partial charge in [0, 0.05) is 71.5 Å². The Morgan fingerprint density at radius 2 is 1.44 bits per heavy atom. The van der Waals surface area contributed by atoms with Crippen molar-refractivity contribution >= 4 is 83.7 Å². The van der Waals surface area contributed by atoms with Crippen LogP contribution in [0.4, 0.5) is 31.5 Å². The molecule has 0 bridgehead atoms. The Balaban J connectivity index is 0.986. The number of aromatic nitrogens is 4. The highest BCUT2D eigenvalue weighted by Crippen LogP contribution is 2.39. The van der Waals surface area contributed by atoms with Gasteiger partial charge < -0.3 is 21.3 Å². The number of fused-ring (bicyclic) bond motifs is 3. The maximum Gasteiger partial charge on any atom is 0.270 e. The number of anilines is 4. The van der Waals surface area contributed by atoms with Crippen LogP contribution in [0.5, 0.6) is 0 Å². The molecule has 0 atom stereocenters. The number of benzene rings is 2. The molecule has 0 aliphatic carbocycles. The first kappa shape index (κ1) is 37.7. The van der Waals surface area contributed by atoms with Crippen LogP contribution in [0.3, 0.4) is 0 Å². The van der Waals surface area contributed by atoms with E-state index in [0.29, 0.717) is 37.9 Å². The quantitative estimate of drug-likeness (QED) is 0.154. The van der Waals surface area contributed by atoms with Gasteiger partial charge in [0.1, 0.15) is 31.0 Å². The molecule has 7 heterocycles. The molecule has 0 radical (unpaired) electrons. The number of hydrogen-bond acceptors (Lipinski definition) is 10. The van der Waals surface area contributed by atoms with Crippen LogP contribution in [-0.2, 0) is 6.42 Å². The number of hydrogen-bond donors (Lipinski definition) is 2. The van der Waals surface area contributed by atoms with Crippen LogP contribution < -0.4 is 21.3 Å². The molecule has 9 rings (SSSR count). The number of halogens is 2. The minimum Gasteiger partial charge on any atom is -0.397 e. The van der Waals surface area contributed by atoms with E-state index in [-0.39, 0.29) is 28.7 Å². The van der Waals surface area contributed by atoms with Gasteiger partial charge in [-0.1, -0.05) is 18.2 Å². The highest BCUT2D eigenvalue weighted by Gasteiger charge is 2.28. The Labute approximate surface area is 345 Å². The van der Waals surface area contributed by atoms with Crippen LogP contribution in [0, 0.1) is 11.6 Å². The highest BCUT2D eigenvalue weighted by atomic mass is 32.1. The molecule has 1 aliphatic heterocycles. The van der Waals surface area contributed by atoms with Crippen molar-refractivity contribution in [3.8, 4) is 22.5 Å². The summed E-state index contributed by atoms with van der Waals surface area (Å²) < 4.78 is 29.4. The number of aryl methyl sites for hydroxylation is 1. The van der Waals surface area contributed by atoms with Gasteiger partial charge >= 0.3 is 0 Å². The Morgan fingerprint density at radius 3 is 2.08 bits per heavy atom. The lowest BCUT2D eigenvalue weighted by Crippen LogP contribution is -2.32. The van der Waals surface area contributed by atoms with Crippen molar-refractivity contribution in [1.29, 1.82) is 0 Å². The average molecular weight is 821 g/mol. The third-order valence-corrected chi connectivity index (χ3v) is 12.5. The zero-order valence-electron chi connectivity index (χ0n) is 31.3. The fourth-order valence-corrected chi connectivity index (χ4v) is 9.37. The SMILES string of the molecule is Nc1c(C(=O)N(C/C=C/c2ccc3c(c2)CCCCN3C(=O)c2sc3nc(-c4cccnc4)ccc3c2N)c2ccc(F)cc2F)sc2nc(-c3cccnc3)ccc12. The Hall–Kier alpha value is -6.90. The van der Waals surface area contributed by atoms with E-state index >= 15 is 4.39 Å². The molecule has 0 fully saturated rings. The summed E-state index contributed by atoms with van der Waals surface area (Å²) in [5, 5.41) is 1.33. The second-order valence-electron chi connectivity index (χ2n) is 14.0. The first-order chi connectivity index (χ1) is 28.7. The average Bonchev–Trinajstić information content (AvgIpc) is 3.68. The molecule has 6 aromatic heterocycles. The van der Waals surface area contributed by atoms with Crippen molar-refractivity contribution in [2.75, 3.05) is 34.4 Å². The smallest absolute Gasteiger partial charge is 0.270 e. The molecule has 4 N–H and O–H groups in total. The van der Waals surface area contributed by atoms with Gasteiger partial charge in [-0.15, -0.1) is 22.7 Å². The van der Waals surface area contributed by atoms with E-state index in [2.05, 4.69) is 9.97 Å². The summed E-state index contributed by atoms with van der Waals surface area (Å²) in [6.45, 7) is 0.484. The molecule has 2 aromatic carbocycles. The topological polar surface area (TPSA) is 144 Å². The van der Waals surface area contributed by atoms with Gasteiger partial charge in [0.2, 0.25) is 0 Å². The van der Waals surface area contributed by atoms with Gasteiger partial charge in [-0.3, -0.25) is 19.6 Å². The van der Waals surface area contributed by atoms with Crippen LogP contribution in [-0.4, -0.2) is 44.8 Å². The van der Waals surface area contributed by atoms with E-state index in [0.717, 1.165) is 81.8 Å². The summed E-state index contributed by atoms with van der Waals surface area (Å²) in [6, 6.07) is 23.8. The lowest BCUT2D eigenvalue weighted by molar-refractivity contribution is 0.0984. The van der Waals surface area contributed by atoms with E-state index in [1.807, 2.05) is 66.7 Å². The van der Waals surface area contributed by atoms with Crippen LogP contribution in [0.15, 0.2) is 116 Å². The molecule has 59 heavy (non-hydrogen) atoms. The van der Waals surface area contributed by atoms with Crippen molar-refractivity contribution in [2.45, 2.75) is 19.3 Å². The summed E-state index contributed by atoms with van der Waals surface area (Å²) in [6.07, 6.45) is 12.8. The first-order valence-electron chi connectivity index (χ1n) is 18.8. The zero-order valence-corrected chi connectivity index (χ0v) is 32.9. The summed E-state index contributed by atoms with van der Waals surface area (Å²) in [5.74, 6) is -2.38. The summed E-state index contributed by atoms with van der Waals surface area (Å²) >= 11 is 2.39. The summed E-state index contributed by atoms with van der Waals surface area (Å²) in [4.78, 5) is 51.2. The predicted octanol–water partition coefficient (Wildman–Crippen LogP) is 9.82.